The Morgan fingerprint density at radius 2 is 2.03 bits per heavy atom. The smallest absolute Gasteiger partial charge is 0.343 e. The maximum Gasteiger partial charge on any atom is 0.343 e. The van der Waals surface area contributed by atoms with Crippen LogP contribution in [0.2, 0.25) is 0 Å². The number of carbonyl (C=O) groups excluding carboxylic acids is 2. The van der Waals surface area contributed by atoms with Crippen molar-refractivity contribution in [3.05, 3.63) is 29.3 Å². The second-order valence-corrected chi connectivity index (χ2v) is 7.29. The van der Waals surface area contributed by atoms with Crippen molar-refractivity contribution in [1.29, 1.82) is 5.41 Å². The lowest BCUT2D eigenvalue weighted by atomic mass is 10.1. The van der Waals surface area contributed by atoms with Crippen LogP contribution in [0.5, 0.6) is 11.5 Å². The molecule has 0 spiro atoms. The van der Waals surface area contributed by atoms with E-state index in [-0.39, 0.29) is 19.0 Å². The average Bonchev–Trinajstić information content (AvgIpc) is 2.88. The van der Waals surface area contributed by atoms with Crippen LogP contribution in [0.25, 0.3) is 6.08 Å². The van der Waals surface area contributed by atoms with Crippen LogP contribution in [0.1, 0.15) is 18.9 Å². The molecule has 29 heavy (non-hydrogen) atoms. The highest BCUT2D eigenvalue weighted by Crippen LogP contribution is 2.35. The van der Waals surface area contributed by atoms with Crippen molar-refractivity contribution in [2.45, 2.75) is 13.3 Å². The molecule has 0 saturated heterocycles. The fourth-order valence-corrected chi connectivity index (χ4v) is 2.01. The first-order chi connectivity index (χ1) is 13.6. The first-order valence-electron chi connectivity index (χ1n) is 8.34. The lowest BCUT2D eigenvalue weighted by Gasteiger charge is -2.12. The predicted molar refractivity (Wildman–Crippen MR) is 104 cm³/mol. The van der Waals surface area contributed by atoms with Gasteiger partial charge in [0.15, 0.2) is 24.1 Å². The number of ether oxygens (including phenoxy) is 3. The van der Waals surface area contributed by atoms with E-state index in [1.807, 2.05) is 0 Å². The van der Waals surface area contributed by atoms with Crippen molar-refractivity contribution >= 4 is 34.0 Å². The van der Waals surface area contributed by atoms with Crippen molar-refractivity contribution in [2.75, 3.05) is 26.1 Å². The highest BCUT2D eigenvalue weighted by molar-refractivity contribution is 7.85. The molecule has 2 rings (SSSR count). The number of para-hydroxylation sites is 1. The Labute approximate surface area is 168 Å². The monoisotopic (exact) mass is 429 g/mol. The number of esters is 1. The maximum atomic E-state index is 12.0. The van der Waals surface area contributed by atoms with Gasteiger partial charge in [0, 0.05) is 17.6 Å². The fraction of sp³-hybridized carbons (Fsp3) is 0.353. The van der Waals surface area contributed by atoms with Crippen LogP contribution < -0.4 is 20.5 Å². The van der Waals surface area contributed by atoms with Crippen molar-refractivity contribution in [3.63, 3.8) is 0 Å². The Morgan fingerprint density at radius 3 is 2.59 bits per heavy atom. The van der Waals surface area contributed by atoms with Crippen LogP contribution in [0.4, 0.5) is 0 Å². The maximum absolute atomic E-state index is 12.0. The minimum atomic E-state index is -3.66. The summed E-state index contributed by atoms with van der Waals surface area (Å²) in [6, 6.07) is 5.14. The molecule has 0 atom stereocenters. The Hall–Kier alpha value is -3.12. The average molecular weight is 429 g/mol. The molecule has 0 aromatic heterocycles. The van der Waals surface area contributed by atoms with Crippen molar-refractivity contribution in [3.8, 4) is 11.5 Å². The summed E-state index contributed by atoms with van der Waals surface area (Å²) in [5, 5.41) is 9.35. The number of guanidine groups is 1. The standard InChI is InChI=1S/C15H17N3O5.C2H6O3S/c1-21-12(19)8-23-11-4-2-3-9-7-10(5-6-22-13(9)11)14(20)18-15(16)17;1-2-6(3,4)5/h2-4,7H,5-6,8H2,1H3,(H4,16,17,18,20);2H2,1H3,(H,3,4,5). The van der Waals surface area contributed by atoms with Gasteiger partial charge in [-0.3, -0.25) is 20.1 Å². The zero-order chi connectivity index (χ0) is 22.0. The Balaban J connectivity index is 0.000000612. The molecule has 0 saturated carbocycles. The van der Waals surface area contributed by atoms with E-state index in [4.69, 9.17) is 25.2 Å². The fourth-order valence-electron chi connectivity index (χ4n) is 2.01. The minimum absolute atomic E-state index is 0.201. The summed E-state index contributed by atoms with van der Waals surface area (Å²) in [6.45, 7) is 1.38. The summed E-state index contributed by atoms with van der Waals surface area (Å²) in [7, 11) is -2.39. The number of rotatable bonds is 5. The molecule has 5 N–H and O–H groups in total. The van der Waals surface area contributed by atoms with E-state index < -0.39 is 28.0 Å². The van der Waals surface area contributed by atoms with E-state index in [1.54, 1.807) is 24.3 Å². The highest BCUT2D eigenvalue weighted by Gasteiger charge is 2.19. The van der Waals surface area contributed by atoms with E-state index in [0.29, 0.717) is 29.1 Å². The van der Waals surface area contributed by atoms with E-state index in [1.165, 1.54) is 14.0 Å². The quantitative estimate of drug-likeness (QED) is 0.222. The number of hydrogen-bond acceptors (Lipinski definition) is 8. The van der Waals surface area contributed by atoms with E-state index in [9.17, 15) is 18.0 Å². The molecule has 12 heteroatoms. The number of hydrogen-bond donors (Lipinski definition) is 4. The second kappa shape index (κ2) is 11.0. The molecule has 1 aromatic carbocycles. The topological polar surface area (TPSA) is 178 Å². The third kappa shape index (κ3) is 8.62. The molecule has 0 unspecified atom stereocenters. The Kier molecular flexibility index (Phi) is 9.09. The summed E-state index contributed by atoms with van der Waals surface area (Å²) >= 11 is 0. The zero-order valence-corrected chi connectivity index (χ0v) is 16.7. The van der Waals surface area contributed by atoms with Crippen molar-refractivity contribution < 1.29 is 36.8 Å². The van der Waals surface area contributed by atoms with Crippen molar-refractivity contribution in [1.82, 2.24) is 5.32 Å². The van der Waals surface area contributed by atoms with Crippen LogP contribution in [0, 0.1) is 5.41 Å². The van der Waals surface area contributed by atoms with Crippen LogP contribution in [-0.4, -0.2) is 56.9 Å². The number of benzene rings is 1. The van der Waals surface area contributed by atoms with Gasteiger partial charge in [-0.25, -0.2) is 4.79 Å². The number of nitrogens with one attached hydrogen (secondary N) is 2. The summed E-state index contributed by atoms with van der Waals surface area (Å²) in [5.41, 5.74) is 6.24. The van der Waals surface area contributed by atoms with Crippen LogP contribution in [0.15, 0.2) is 23.8 Å². The van der Waals surface area contributed by atoms with E-state index in [0.717, 1.165) is 0 Å². The predicted octanol–water partition coefficient (Wildman–Crippen LogP) is 0.308. The summed E-state index contributed by atoms with van der Waals surface area (Å²) in [6.07, 6.45) is 2.00. The van der Waals surface area contributed by atoms with Gasteiger partial charge in [-0.1, -0.05) is 12.1 Å². The summed E-state index contributed by atoms with van der Waals surface area (Å²) in [4.78, 5) is 23.1. The molecular weight excluding hydrogens is 406 g/mol. The Morgan fingerprint density at radius 1 is 1.38 bits per heavy atom. The van der Waals surface area contributed by atoms with Gasteiger partial charge < -0.3 is 19.9 Å². The van der Waals surface area contributed by atoms with Gasteiger partial charge >= 0.3 is 5.97 Å². The SMILES string of the molecule is CCS(=O)(=O)O.COC(=O)COc1cccc2c1OCCC(C(=O)NC(=N)N)=C2. The Bertz CT molecular complexity index is 896. The third-order valence-corrected chi connectivity index (χ3v) is 4.16. The van der Waals surface area contributed by atoms with Crippen LogP contribution in [-0.2, 0) is 24.4 Å². The van der Waals surface area contributed by atoms with Gasteiger partial charge in [0.2, 0.25) is 0 Å². The molecule has 1 heterocycles. The summed E-state index contributed by atoms with van der Waals surface area (Å²) in [5.74, 6) is -0.744. The molecule has 1 aliphatic rings. The van der Waals surface area contributed by atoms with Gasteiger partial charge in [-0.05, 0) is 19.1 Å². The molecule has 160 valence electrons. The van der Waals surface area contributed by atoms with Crippen LogP contribution in [0.3, 0.4) is 0 Å². The van der Waals surface area contributed by atoms with E-state index >= 15 is 0 Å². The molecular formula is C17H23N3O8S. The number of methoxy groups -OCH3 is 1. The van der Waals surface area contributed by atoms with Crippen molar-refractivity contribution in [2.24, 2.45) is 5.73 Å². The van der Waals surface area contributed by atoms with Gasteiger partial charge in [0.25, 0.3) is 16.0 Å². The van der Waals surface area contributed by atoms with Gasteiger partial charge in [0.1, 0.15) is 0 Å². The number of nitrogens with two attached hydrogens (primary N) is 1. The largest absolute Gasteiger partial charge is 0.489 e. The van der Waals surface area contributed by atoms with Gasteiger partial charge in [-0.15, -0.1) is 0 Å². The van der Waals surface area contributed by atoms with Gasteiger partial charge in [-0.2, -0.15) is 8.42 Å². The molecule has 0 aliphatic carbocycles. The lowest BCUT2D eigenvalue weighted by molar-refractivity contribution is -0.142. The normalized spacial score (nSPS) is 12.6. The van der Waals surface area contributed by atoms with E-state index in [2.05, 4.69) is 10.1 Å². The number of amides is 1. The lowest BCUT2D eigenvalue weighted by Crippen LogP contribution is -2.36. The second-order valence-electron chi connectivity index (χ2n) is 5.55. The first-order valence-corrected chi connectivity index (χ1v) is 9.94. The first kappa shape index (κ1) is 23.9. The molecule has 1 amide bonds. The zero-order valence-electron chi connectivity index (χ0n) is 15.9. The molecule has 0 fully saturated rings. The molecule has 1 aromatic rings. The summed E-state index contributed by atoms with van der Waals surface area (Å²) < 4.78 is 42.5. The number of fused-ring (bicyclic) bond motifs is 1. The number of carbonyl (C=O) groups is 2. The van der Waals surface area contributed by atoms with Gasteiger partial charge in [0.05, 0.1) is 19.5 Å². The molecule has 1 aliphatic heterocycles. The minimum Gasteiger partial charge on any atom is -0.489 e. The molecule has 0 bridgehead atoms. The highest BCUT2D eigenvalue weighted by atomic mass is 32.2. The molecule has 0 radical (unpaired) electrons. The molecule has 11 nitrogen and oxygen atoms in total. The van der Waals surface area contributed by atoms with Crippen LogP contribution >= 0.6 is 0 Å². The third-order valence-electron chi connectivity index (χ3n) is 3.43.